The van der Waals surface area contributed by atoms with Crippen molar-refractivity contribution in [2.45, 2.75) is 13.0 Å². The number of aromatic hydroxyl groups is 1. The van der Waals surface area contributed by atoms with Gasteiger partial charge in [0, 0.05) is 23.4 Å². The number of phenolic OH excluding ortho intramolecular Hbond substituents is 1. The molecule has 2 aromatic carbocycles. The fourth-order valence-electron chi connectivity index (χ4n) is 1.91. The second kappa shape index (κ2) is 5.77. The van der Waals surface area contributed by atoms with Gasteiger partial charge in [0.05, 0.1) is 13.2 Å². The summed E-state index contributed by atoms with van der Waals surface area (Å²) in [5.74, 6) is -1.10. The molecule has 2 rings (SSSR count). The SMILES string of the molecule is COc1ccc(C(C)Nc2ccc(O)c(F)c2)c(F)c1. The van der Waals surface area contributed by atoms with Gasteiger partial charge in [-0.2, -0.15) is 0 Å². The standard InChI is InChI=1S/C15H15F2NO2/c1-9(12-5-4-11(20-2)8-13(12)16)18-10-3-6-15(19)14(17)7-10/h3-9,18-19H,1-2H3. The van der Waals surface area contributed by atoms with E-state index in [0.717, 1.165) is 6.07 Å². The van der Waals surface area contributed by atoms with E-state index < -0.39 is 17.4 Å². The van der Waals surface area contributed by atoms with Crippen LogP contribution in [0.5, 0.6) is 11.5 Å². The third-order valence-electron chi connectivity index (χ3n) is 3.00. The molecular weight excluding hydrogens is 264 g/mol. The average molecular weight is 279 g/mol. The molecule has 0 radical (unpaired) electrons. The number of methoxy groups -OCH3 is 1. The Balaban J connectivity index is 2.19. The van der Waals surface area contributed by atoms with Crippen LogP contribution in [0.15, 0.2) is 36.4 Å². The molecule has 0 saturated heterocycles. The molecule has 0 aliphatic rings. The Labute approximate surface area is 115 Å². The normalized spacial score (nSPS) is 12.0. The molecule has 0 aromatic heterocycles. The van der Waals surface area contributed by atoms with Crippen LogP contribution < -0.4 is 10.1 Å². The van der Waals surface area contributed by atoms with Crippen LogP contribution in [-0.2, 0) is 0 Å². The van der Waals surface area contributed by atoms with Crippen molar-refractivity contribution in [3.8, 4) is 11.5 Å². The second-order valence-corrected chi connectivity index (χ2v) is 4.42. The van der Waals surface area contributed by atoms with E-state index >= 15 is 0 Å². The van der Waals surface area contributed by atoms with E-state index in [4.69, 9.17) is 9.84 Å². The summed E-state index contributed by atoms with van der Waals surface area (Å²) in [7, 11) is 1.47. The largest absolute Gasteiger partial charge is 0.505 e. The van der Waals surface area contributed by atoms with E-state index in [1.54, 1.807) is 19.1 Å². The summed E-state index contributed by atoms with van der Waals surface area (Å²) in [6, 6.07) is 8.14. The van der Waals surface area contributed by atoms with E-state index in [1.165, 1.54) is 25.3 Å². The molecular formula is C15H15F2NO2. The molecule has 0 bridgehead atoms. The van der Waals surface area contributed by atoms with Gasteiger partial charge in [-0.05, 0) is 25.1 Å². The molecule has 0 fully saturated rings. The smallest absolute Gasteiger partial charge is 0.166 e. The lowest BCUT2D eigenvalue weighted by atomic mass is 10.1. The first-order valence-electron chi connectivity index (χ1n) is 6.09. The Morgan fingerprint density at radius 3 is 2.45 bits per heavy atom. The third-order valence-corrected chi connectivity index (χ3v) is 3.00. The minimum atomic E-state index is -0.725. The number of nitrogens with one attached hydrogen (secondary N) is 1. The van der Waals surface area contributed by atoms with Gasteiger partial charge in [0.25, 0.3) is 0 Å². The van der Waals surface area contributed by atoms with Crippen molar-refractivity contribution in [2.75, 3.05) is 12.4 Å². The summed E-state index contributed by atoms with van der Waals surface area (Å²) in [5.41, 5.74) is 0.905. The van der Waals surface area contributed by atoms with Crippen molar-refractivity contribution < 1.29 is 18.6 Å². The summed E-state index contributed by atoms with van der Waals surface area (Å²) < 4.78 is 32.1. The van der Waals surface area contributed by atoms with Gasteiger partial charge in [0.15, 0.2) is 11.6 Å². The number of anilines is 1. The van der Waals surface area contributed by atoms with Crippen LogP contribution in [0.25, 0.3) is 0 Å². The number of hydrogen-bond donors (Lipinski definition) is 2. The van der Waals surface area contributed by atoms with Crippen LogP contribution in [0, 0.1) is 11.6 Å². The van der Waals surface area contributed by atoms with Crippen LogP contribution in [0.3, 0.4) is 0 Å². The molecule has 1 unspecified atom stereocenters. The summed E-state index contributed by atoms with van der Waals surface area (Å²) in [6.45, 7) is 1.76. The monoisotopic (exact) mass is 279 g/mol. The van der Waals surface area contributed by atoms with Crippen molar-refractivity contribution >= 4 is 5.69 Å². The quantitative estimate of drug-likeness (QED) is 0.835. The number of phenols is 1. The van der Waals surface area contributed by atoms with E-state index in [0.29, 0.717) is 17.0 Å². The van der Waals surface area contributed by atoms with Gasteiger partial charge in [-0.1, -0.05) is 6.07 Å². The van der Waals surface area contributed by atoms with Gasteiger partial charge in [0.1, 0.15) is 11.6 Å². The van der Waals surface area contributed by atoms with Crippen molar-refractivity contribution in [2.24, 2.45) is 0 Å². The highest BCUT2D eigenvalue weighted by Crippen LogP contribution is 2.26. The predicted molar refractivity (Wildman–Crippen MR) is 73.1 cm³/mol. The maximum absolute atomic E-state index is 13.9. The first-order chi connectivity index (χ1) is 9.51. The third kappa shape index (κ3) is 2.99. The summed E-state index contributed by atoms with van der Waals surface area (Å²) in [4.78, 5) is 0. The molecule has 5 heteroatoms. The van der Waals surface area contributed by atoms with E-state index in [9.17, 15) is 8.78 Å². The van der Waals surface area contributed by atoms with Crippen LogP contribution in [-0.4, -0.2) is 12.2 Å². The molecule has 3 nitrogen and oxygen atoms in total. The first-order valence-corrected chi connectivity index (χ1v) is 6.09. The van der Waals surface area contributed by atoms with Gasteiger partial charge >= 0.3 is 0 Å². The zero-order valence-electron chi connectivity index (χ0n) is 11.2. The highest BCUT2D eigenvalue weighted by molar-refractivity contribution is 5.49. The lowest BCUT2D eigenvalue weighted by Gasteiger charge is -2.17. The van der Waals surface area contributed by atoms with Crippen molar-refractivity contribution in [1.82, 2.24) is 0 Å². The fourth-order valence-corrected chi connectivity index (χ4v) is 1.91. The van der Waals surface area contributed by atoms with Gasteiger partial charge < -0.3 is 15.2 Å². The fraction of sp³-hybridized carbons (Fsp3) is 0.200. The first kappa shape index (κ1) is 14.1. The maximum Gasteiger partial charge on any atom is 0.166 e. The van der Waals surface area contributed by atoms with Gasteiger partial charge in [-0.15, -0.1) is 0 Å². The molecule has 0 spiro atoms. The number of benzene rings is 2. The van der Waals surface area contributed by atoms with E-state index in [2.05, 4.69) is 5.32 Å². The average Bonchev–Trinajstić information content (AvgIpc) is 2.42. The molecule has 2 aromatic rings. The van der Waals surface area contributed by atoms with E-state index in [1.807, 2.05) is 0 Å². The Morgan fingerprint density at radius 1 is 1.10 bits per heavy atom. The van der Waals surface area contributed by atoms with E-state index in [-0.39, 0.29) is 6.04 Å². The highest BCUT2D eigenvalue weighted by atomic mass is 19.1. The topological polar surface area (TPSA) is 41.5 Å². The Kier molecular flexibility index (Phi) is 4.08. The van der Waals surface area contributed by atoms with Crippen LogP contribution in [0.4, 0.5) is 14.5 Å². The van der Waals surface area contributed by atoms with Gasteiger partial charge in [0.2, 0.25) is 0 Å². The summed E-state index contributed by atoms with van der Waals surface area (Å²) in [6.07, 6.45) is 0. The molecule has 0 amide bonds. The Hall–Kier alpha value is -2.30. The predicted octanol–water partition coefficient (Wildman–Crippen LogP) is 3.85. The second-order valence-electron chi connectivity index (χ2n) is 4.42. The molecule has 106 valence electrons. The number of hydrogen-bond acceptors (Lipinski definition) is 3. The lowest BCUT2D eigenvalue weighted by Crippen LogP contribution is -2.08. The molecule has 0 saturated carbocycles. The zero-order chi connectivity index (χ0) is 14.7. The maximum atomic E-state index is 13.9. The van der Waals surface area contributed by atoms with Crippen LogP contribution in [0.2, 0.25) is 0 Å². The minimum Gasteiger partial charge on any atom is -0.505 e. The van der Waals surface area contributed by atoms with Crippen molar-refractivity contribution in [3.63, 3.8) is 0 Å². The Morgan fingerprint density at radius 2 is 1.85 bits per heavy atom. The van der Waals surface area contributed by atoms with Crippen molar-refractivity contribution in [3.05, 3.63) is 53.6 Å². The molecule has 0 aliphatic heterocycles. The van der Waals surface area contributed by atoms with Crippen molar-refractivity contribution in [1.29, 1.82) is 0 Å². The number of ether oxygens (including phenoxy) is 1. The lowest BCUT2D eigenvalue weighted by molar-refractivity contribution is 0.410. The van der Waals surface area contributed by atoms with Crippen LogP contribution in [0.1, 0.15) is 18.5 Å². The molecule has 2 N–H and O–H groups in total. The highest BCUT2D eigenvalue weighted by Gasteiger charge is 2.12. The molecule has 0 aliphatic carbocycles. The molecule has 20 heavy (non-hydrogen) atoms. The summed E-state index contributed by atoms with van der Waals surface area (Å²) in [5, 5.41) is 12.1. The number of rotatable bonds is 4. The van der Waals surface area contributed by atoms with Gasteiger partial charge in [-0.25, -0.2) is 8.78 Å². The Bertz CT molecular complexity index is 617. The molecule has 0 heterocycles. The zero-order valence-corrected chi connectivity index (χ0v) is 11.2. The van der Waals surface area contributed by atoms with Gasteiger partial charge in [-0.3, -0.25) is 0 Å². The molecule has 1 atom stereocenters. The van der Waals surface area contributed by atoms with Crippen LogP contribution >= 0.6 is 0 Å². The summed E-state index contributed by atoms with van der Waals surface area (Å²) >= 11 is 0. The number of halogens is 2. The minimum absolute atomic E-state index is 0.357.